The minimum Gasteiger partial charge on any atom is -0.370 e. The maximum atomic E-state index is 13.5. The van der Waals surface area contributed by atoms with Crippen LogP contribution in [-0.4, -0.2) is 63.4 Å². The fraction of sp³-hybridized carbons (Fsp3) is 0.480. The second-order valence-electron chi connectivity index (χ2n) is 10.4. The SMILES string of the molecule is Cn1nc(C(=O)NCc2ccc(C#N)cc2)c2c1C(=O)N(CC1(S(=O)(=O)C(C)(C)CC(N)=O)CC1)CC2. The number of hydrogen-bond donors (Lipinski definition) is 2. The summed E-state index contributed by atoms with van der Waals surface area (Å²) >= 11 is 0. The Morgan fingerprint density at radius 1 is 1.24 bits per heavy atom. The summed E-state index contributed by atoms with van der Waals surface area (Å²) in [4.78, 5) is 39.3. The first-order chi connectivity index (χ1) is 17.3. The molecule has 37 heavy (non-hydrogen) atoms. The predicted molar refractivity (Wildman–Crippen MR) is 134 cm³/mol. The molecule has 0 unspecified atom stereocenters. The number of fused-ring (bicyclic) bond motifs is 1. The lowest BCUT2D eigenvalue weighted by molar-refractivity contribution is -0.118. The van der Waals surface area contributed by atoms with Gasteiger partial charge in [-0.3, -0.25) is 19.1 Å². The van der Waals surface area contributed by atoms with Crippen molar-refractivity contribution in [2.75, 3.05) is 13.1 Å². The van der Waals surface area contributed by atoms with Gasteiger partial charge < -0.3 is 16.0 Å². The van der Waals surface area contributed by atoms with Crippen LogP contribution in [0.15, 0.2) is 24.3 Å². The van der Waals surface area contributed by atoms with Gasteiger partial charge in [-0.25, -0.2) is 8.42 Å². The summed E-state index contributed by atoms with van der Waals surface area (Å²) in [5, 5.41) is 16.0. The number of nitrogens with zero attached hydrogens (tertiary/aromatic N) is 4. The van der Waals surface area contributed by atoms with Crippen molar-refractivity contribution in [3.8, 4) is 6.07 Å². The lowest BCUT2D eigenvalue weighted by Gasteiger charge is -2.34. The number of aryl methyl sites for hydroxylation is 1. The summed E-state index contributed by atoms with van der Waals surface area (Å²) in [6.45, 7) is 3.49. The molecular weight excluding hydrogens is 496 g/mol. The first-order valence-electron chi connectivity index (χ1n) is 12.0. The number of hydrogen-bond acceptors (Lipinski definition) is 7. The first-order valence-corrected chi connectivity index (χ1v) is 13.4. The van der Waals surface area contributed by atoms with Crippen LogP contribution in [0.1, 0.15) is 70.8 Å². The number of sulfone groups is 1. The Kier molecular flexibility index (Phi) is 6.62. The minimum atomic E-state index is -3.78. The predicted octanol–water partition coefficient (Wildman–Crippen LogP) is 0.821. The molecule has 1 aromatic carbocycles. The normalized spacial score (nSPS) is 16.6. The van der Waals surface area contributed by atoms with Crippen LogP contribution in [0.4, 0.5) is 0 Å². The number of carbonyl (C=O) groups is 3. The van der Waals surface area contributed by atoms with E-state index >= 15 is 0 Å². The molecular formula is C25H30N6O5S. The second kappa shape index (κ2) is 9.30. The third-order valence-electron chi connectivity index (χ3n) is 7.20. The zero-order valence-corrected chi connectivity index (χ0v) is 21.9. The summed E-state index contributed by atoms with van der Waals surface area (Å²) in [6.07, 6.45) is 0.873. The Morgan fingerprint density at radius 2 is 1.89 bits per heavy atom. The van der Waals surface area contributed by atoms with Crippen LogP contribution in [0.5, 0.6) is 0 Å². The molecule has 1 saturated carbocycles. The van der Waals surface area contributed by atoms with Gasteiger partial charge >= 0.3 is 0 Å². The van der Waals surface area contributed by atoms with Crippen molar-refractivity contribution in [3.63, 3.8) is 0 Å². The third kappa shape index (κ3) is 4.71. The molecule has 1 fully saturated rings. The van der Waals surface area contributed by atoms with E-state index < -0.39 is 31.1 Å². The number of benzene rings is 1. The maximum Gasteiger partial charge on any atom is 0.272 e. The van der Waals surface area contributed by atoms with Crippen molar-refractivity contribution in [3.05, 3.63) is 52.3 Å². The van der Waals surface area contributed by atoms with Crippen LogP contribution >= 0.6 is 0 Å². The van der Waals surface area contributed by atoms with Crippen LogP contribution in [0.2, 0.25) is 0 Å². The number of nitrogens with one attached hydrogen (secondary N) is 1. The topological polar surface area (TPSA) is 168 Å². The molecule has 0 bridgehead atoms. The van der Waals surface area contributed by atoms with Gasteiger partial charge in [0, 0.05) is 38.7 Å². The van der Waals surface area contributed by atoms with E-state index in [9.17, 15) is 22.8 Å². The largest absolute Gasteiger partial charge is 0.370 e. The van der Waals surface area contributed by atoms with E-state index in [4.69, 9.17) is 11.0 Å². The number of nitriles is 1. The molecule has 3 N–H and O–H groups in total. The zero-order chi connectivity index (χ0) is 27.2. The summed E-state index contributed by atoms with van der Waals surface area (Å²) in [5.74, 6) is -1.49. The highest BCUT2D eigenvalue weighted by atomic mass is 32.2. The molecule has 11 nitrogen and oxygen atoms in total. The summed E-state index contributed by atoms with van der Waals surface area (Å²) < 4.78 is 25.8. The van der Waals surface area contributed by atoms with E-state index in [2.05, 4.69) is 10.4 Å². The quantitative estimate of drug-likeness (QED) is 0.487. The molecule has 1 aliphatic heterocycles. The highest BCUT2D eigenvalue weighted by Gasteiger charge is 2.61. The molecule has 196 valence electrons. The number of carbonyl (C=O) groups excluding carboxylic acids is 3. The Bertz CT molecular complexity index is 1410. The molecule has 2 aliphatic rings. The van der Waals surface area contributed by atoms with Gasteiger partial charge in [-0.1, -0.05) is 12.1 Å². The van der Waals surface area contributed by atoms with Gasteiger partial charge in [-0.05, 0) is 50.8 Å². The number of primary amides is 1. The average molecular weight is 527 g/mol. The molecule has 3 amide bonds. The molecule has 0 radical (unpaired) electrons. The van der Waals surface area contributed by atoms with E-state index in [-0.39, 0.29) is 43.4 Å². The number of amides is 3. The fourth-order valence-electron chi connectivity index (χ4n) is 4.97. The van der Waals surface area contributed by atoms with Crippen LogP contribution < -0.4 is 11.1 Å². The monoisotopic (exact) mass is 526 g/mol. The standard InChI is InChI=1S/C25H30N6O5S/c1-24(2,12-19(27)32)37(35,36)25(9-10-25)15-31-11-8-18-20(29-30(3)21(18)23(31)34)22(33)28-14-17-6-4-16(13-26)5-7-17/h4-7H,8-12,14-15H2,1-3H3,(H2,27,32)(H,28,33). The summed E-state index contributed by atoms with van der Waals surface area (Å²) in [7, 11) is -2.20. The van der Waals surface area contributed by atoms with Crippen LogP contribution in [-0.2, 0) is 34.6 Å². The van der Waals surface area contributed by atoms with Crippen molar-refractivity contribution < 1.29 is 22.8 Å². The van der Waals surface area contributed by atoms with Gasteiger partial charge in [0.2, 0.25) is 5.91 Å². The molecule has 1 aromatic heterocycles. The van der Waals surface area contributed by atoms with Crippen molar-refractivity contribution in [1.29, 1.82) is 5.26 Å². The Labute approximate surface area is 215 Å². The zero-order valence-electron chi connectivity index (χ0n) is 21.1. The van der Waals surface area contributed by atoms with Crippen LogP contribution in [0.25, 0.3) is 0 Å². The van der Waals surface area contributed by atoms with Crippen molar-refractivity contribution >= 4 is 27.6 Å². The highest BCUT2D eigenvalue weighted by Crippen LogP contribution is 2.50. The van der Waals surface area contributed by atoms with Gasteiger partial charge in [0.15, 0.2) is 15.5 Å². The van der Waals surface area contributed by atoms with E-state index in [0.717, 1.165) is 5.56 Å². The van der Waals surface area contributed by atoms with E-state index in [1.807, 2.05) is 6.07 Å². The van der Waals surface area contributed by atoms with Crippen molar-refractivity contribution in [1.82, 2.24) is 20.0 Å². The molecule has 2 heterocycles. The fourth-order valence-corrected chi connectivity index (χ4v) is 7.44. The Hall–Kier alpha value is -3.72. The molecule has 12 heteroatoms. The second-order valence-corrected chi connectivity index (χ2v) is 13.3. The van der Waals surface area contributed by atoms with E-state index in [1.165, 1.54) is 23.4 Å². The molecule has 0 saturated heterocycles. The van der Waals surface area contributed by atoms with Crippen LogP contribution in [0, 0.1) is 11.3 Å². The minimum absolute atomic E-state index is 0.0151. The smallest absolute Gasteiger partial charge is 0.272 e. The molecule has 1 aliphatic carbocycles. The molecule has 0 atom stereocenters. The van der Waals surface area contributed by atoms with Gasteiger partial charge in [0.05, 0.1) is 21.1 Å². The maximum absolute atomic E-state index is 13.5. The Morgan fingerprint density at radius 3 is 2.46 bits per heavy atom. The van der Waals surface area contributed by atoms with E-state index in [0.29, 0.717) is 30.4 Å². The van der Waals surface area contributed by atoms with Gasteiger partial charge in [-0.15, -0.1) is 0 Å². The molecule has 4 rings (SSSR count). The number of nitrogens with two attached hydrogens (primary N) is 1. The molecule has 0 spiro atoms. The van der Waals surface area contributed by atoms with Gasteiger partial charge in [0.25, 0.3) is 11.8 Å². The third-order valence-corrected chi connectivity index (χ3v) is 10.5. The number of aromatic nitrogens is 2. The van der Waals surface area contributed by atoms with Crippen molar-refractivity contribution in [2.45, 2.75) is 55.6 Å². The van der Waals surface area contributed by atoms with Crippen molar-refractivity contribution in [2.24, 2.45) is 12.8 Å². The van der Waals surface area contributed by atoms with Gasteiger partial charge in [0.1, 0.15) is 5.69 Å². The first kappa shape index (κ1) is 26.3. The van der Waals surface area contributed by atoms with Crippen LogP contribution in [0.3, 0.4) is 0 Å². The summed E-state index contributed by atoms with van der Waals surface area (Å²) in [6, 6.07) is 8.88. The lowest BCUT2D eigenvalue weighted by Crippen LogP contribution is -2.51. The average Bonchev–Trinajstić information content (AvgIpc) is 3.55. The molecule has 2 aromatic rings. The Balaban J connectivity index is 1.49. The van der Waals surface area contributed by atoms with Gasteiger partial charge in [-0.2, -0.15) is 10.4 Å². The lowest BCUT2D eigenvalue weighted by atomic mass is 10.0. The number of rotatable bonds is 9. The van der Waals surface area contributed by atoms with E-state index in [1.54, 1.807) is 31.3 Å². The highest BCUT2D eigenvalue weighted by molar-refractivity contribution is 7.94. The summed E-state index contributed by atoms with van der Waals surface area (Å²) in [5.41, 5.74) is 7.58.